The highest BCUT2D eigenvalue weighted by Crippen LogP contribution is 2.31. The second-order valence-corrected chi connectivity index (χ2v) is 6.82. The lowest BCUT2D eigenvalue weighted by Crippen LogP contribution is -2.24. The first kappa shape index (κ1) is 14.5. The van der Waals surface area contributed by atoms with Crippen LogP contribution in [0.15, 0.2) is 12.1 Å². The van der Waals surface area contributed by atoms with Gasteiger partial charge in [-0.25, -0.2) is 4.39 Å². The molecule has 1 N–H and O–H groups in total. The maximum Gasteiger partial charge on any atom is 0.178 e. The third-order valence-electron chi connectivity index (χ3n) is 4.11. The summed E-state index contributed by atoms with van der Waals surface area (Å²) in [6, 6.07) is 3.65. The van der Waals surface area contributed by atoms with Crippen LogP contribution in [0.4, 0.5) is 4.39 Å². The highest BCUT2D eigenvalue weighted by Gasteiger charge is 2.24. The number of benzene rings is 1. The Morgan fingerprint density at radius 2 is 2.15 bits per heavy atom. The smallest absolute Gasteiger partial charge is 0.178 e. The third-order valence-corrected chi connectivity index (χ3v) is 5.24. The summed E-state index contributed by atoms with van der Waals surface area (Å²) in [7, 11) is 0. The van der Waals surface area contributed by atoms with Crippen molar-refractivity contribution in [2.45, 2.75) is 25.8 Å². The van der Waals surface area contributed by atoms with Crippen LogP contribution in [-0.4, -0.2) is 22.8 Å². The molecular weight excluding hydrogens is 390 g/mol. The van der Waals surface area contributed by atoms with Crippen molar-refractivity contribution in [1.82, 2.24) is 9.55 Å². The number of nitrogens with one attached hydrogen (secondary N) is 1. The van der Waals surface area contributed by atoms with Gasteiger partial charge in [0.05, 0.1) is 14.6 Å². The van der Waals surface area contributed by atoms with Crippen molar-refractivity contribution >= 4 is 45.8 Å². The van der Waals surface area contributed by atoms with Gasteiger partial charge in [-0.05, 0) is 66.6 Å². The minimum Gasteiger partial charge on any atom is -0.381 e. The number of rotatable bonds is 2. The molecule has 0 spiro atoms. The lowest BCUT2D eigenvalue weighted by molar-refractivity contribution is 0.0517. The predicted molar refractivity (Wildman–Crippen MR) is 88.1 cm³/mol. The minimum atomic E-state index is -0.194. The molecule has 6 heteroatoms. The minimum absolute atomic E-state index is 0.194. The number of aromatic nitrogens is 2. The number of fused-ring (bicyclic) bond motifs is 1. The first-order valence-electron chi connectivity index (χ1n) is 6.75. The van der Waals surface area contributed by atoms with Gasteiger partial charge >= 0.3 is 0 Å². The molecule has 1 aliphatic heterocycles. The van der Waals surface area contributed by atoms with E-state index >= 15 is 0 Å². The molecule has 0 saturated carbocycles. The van der Waals surface area contributed by atoms with Crippen molar-refractivity contribution in [3.63, 3.8) is 0 Å². The fourth-order valence-electron chi connectivity index (χ4n) is 2.93. The van der Waals surface area contributed by atoms with E-state index in [1.54, 1.807) is 6.07 Å². The molecule has 20 heavy (non-hydrogen) atoms. The van der Waals surface area contributed by atoms with Gasteiger partial charge in [0.1, 0.15) is 5.82 Å². The van der Waals surface area contributed by atoms with Gasteiger partial charge in [0.25, 0.3) is 0 Å². The fourth-order valence-corrected chi connectivity index (χ4v) is 3.78. The molecule has 1 fully saturated rings. The maximum absolute atomic E-state index is 13.9. The summed E-state index contributed by atoms with van der Waals surface area (Å²) in [5.41, 5.74) is 1.76. The van der Waals surface area contributed by atoms with Crippen LogP contribution in [0.25, 0.3) is 11.0 Å². The Morgan fingerprint density at radius 3 is 2.85 bits per heavy atom. The Morgan fingerprint density at radius 1 is 1.45 bits per heavy atom. The molecule has 2 heterocycles. The van der Waals surface area contributed by atoms with Crippen molar-refractivity contribution in [3.8, 4) is 0 Å². The second kappa shape index (κ2) is 5.73. The Bertz CT molecular complexity index is 690. The normalized spacial score (nSPS) is 18.6. The van der Waals surface area contributed by atoms with Crippen LogP contribution in [0.5, 0.6) is 0 Å². The van der Waals surface area contributed by atoms with E-state index in [4.69, 9.17) is 17.0 Å². The first-order chi connectivity index (χ1) is 9.58. The zero-order valence-electron chi connectivity index (χ0n) is 11.2. The summed E-state index contributed by atoms with van der Waals surface area (Å²) in [4.78, 5) is 3.19. The molecule has 1 aromatic carbocycles. The summed E-state index contributed by atoms with van der Waals surface area (Å²) >= 11 is 7.44. The lowest BCUT2D eigenvalue weighted by atomic mass is 9.92. The van der Waals surface area contributed by atoms with Crippen LogP contribution in [0.1, 0.15) is 25.8 Å². The lowest BCUT2D eigenvalue weighted by Gasteiger charge is -2.29. The third kappa shape index (κ3) is 2.53. The van der Waals surface area contributed by atoms with Gasteiger partial charge in [-0.3, -0.25) is 0 Å². The zero-order valence-corrected chi connectivity index (χ0v) is 14.1. The second-order valence-electron chi connectivity index (χ2n) is 5.27. The molecule has 3 rings (SSSR count). The molecule has 1 aromatic heterocycles. The van der Waals surface area contributed by atoms with Gasteiger partial charge < -0.3 is 14.3 Å². The van der Waals surface area contributed by atoms with Crippen LogP contribution in [-0.2, 0) is 4.74 Å². The summed E-state index contributed by atoms with van der Waals surface area (Å²) in [6.45, 7) is 3.77. The molecule has 0 aliphatic carbocycles. The molecule has 2 aromatic rings. The highest BCUT2D eigenvalue weighted by molar-refractivity contribution is 14.1. The van der Waals surface area contributed by atoms with Crippen molar-refractivity contribution in [2.24, 2.45) is 5.92 Å². The summed E-state index contributed by atoms with van der Waals surface area (Å²) in [5, 5.41) is 0. The highest BCUT2D eigenvalue weighted by atomic mass is 127. The number of ether oxygens (including phenoxy) is 1. The summed E-state index contributed by atoms with van der Waals surface area (Å²) in [5.74, 6) is 0.330. The Hall–Kier alpha value is -0.470. The number of imidazole rings is 1. The van der Waals surface area contributed by atoms with E-state index in [-0.39, 0.29) is 11.9 Å². The monoisotopic (exact) mass is 406 g/mol. The topological polar surface area (TPSA) is 29.9 Å². The average Bonchev–Trinajstić information content (AvgIpc) is 2.75. The standard InChI is InChI=1S/C14H16FIN2OS/c1-8(9-2-4-19-5-3-9)18-13-6-10(15)11(16)7-12(13)17-14(18)20/h6-9H,2-5H2,1H3,(H,17,20). The molecule has 3 nitrogen and oxygen atoms in total. The van der Waals surface area contributed by atoms with Crippen LogP contribution in [0, 0.1) is 20.1 Å². The number of hydrogen-bond donors (Lipinski definition) is 1. The Kier molecular flexibility index (Phi) is 4.14. The van der Waals surface area contributed by atoms with E-state index in [9.17, 15) is 4.39 Å². The number of nitrogens with zero attached hydrogens (tertiary/aromatic N) is 1. The molecule has 0 bridgehead atoms. The van der Waals surface area contributed by atoms with Crippen molar-refractivity contribution < 1.29 is 9.13 Å². The van der Waals surface area contributed by atoms with E-state index in [1.807, 2.05) is 28.7 Å². The van der Waals surface area contributed by atoms with Gasteiger partial charge in [0, 0.05) is 25.3 Å². The van der Waals surface area contributed by atoms with E-state index in [0.717, 1.165) is 37.1 Å². The summed E-state index contributed by atoms with van der Waals surface area (Å²) in [6.07, 6.45) is 2.06. The van der Waals surface area contributed by atoms with Gasteiger partial charge in [0.2, 0.25) is 0 Å². The number of H-pyrrole nitrogens is 1. The quantitative estimate of drug-likeness (QED) is 0.591. The van der Waals surface area contributed by atoms with Crippen LogP contribution < -0.4 is 0 Å². The molecule has 1 atom stereocenters. The zero-order chi connectivity index (χ0) is 14.3. The number of hydrogen-bond acceptors (Lipinski definition) is 2. The van der Waals surface area contributed by atoms with Gasteiger partial charge in [-0.2, -0.15) is 0 Å². The summed E-state index contributed by atoms with van der Waals surface area (Å²) < 4.78 is 22.6. The molecule has 1 aliphatic rings. The van der Waals surface area contributed by atoms with E-state index in [0.29, 0.717) is 14.3 Å². The first-order valence-corrected chi connectivity index (χ1v) is 8.23. The molecule has 1 unspecified atom stereocenters. The largest absolute Gasteiger partial charge is 0.381 e. The molecule has 0 radical (unpaired) electrons. The maximum atomic E-state index is 13.9. The predicted octanol–water partition coefficient (Wildman–Crippen LogP) is 4.43. The van der Waals surface area contributed by atoms with E-state index in [1.165, 1.54) is 0 Å². The van der Waals surface area contributed by atoms with Crippen molar-refractivity contribution in [2.75, 3.05) is 13.2 Å². The van der Waals surface area contributed by atoms with E-state index < -0.39 is 0 Å². The molecular formula is C14H16FIN2OS. The van der Waals surface area contributed by atoms with Crippen LogP contribution in [0.3, 0.4) is 0 Å². The van der Waals surface area contributed by atoms with Gasteiger partial charge in [-0.15, -0.1) is 0 Å². The number of halogens is 2. The van der Waals surface area contributed by atoms with Gasteiger partial charge in [-0.1, -0.05) is 0 Å². The van der Waals surface area contributed by atoms with E-state index in [2.05, 4.69) is 16.5 Å². The molecule has 1 saturated heterocycles. The van der Waals surface area contributed by atoms with Crippen molar-refractivity contribution in [1.29, 1.82) is 0 Å². The van der Waals surface area contributed by atoms with Crippen LogP contribution >= 0.6 is 34.8 Å². The van der Waals surface area contributed by atoms with Gasteiger partial charge in [0.15, 0.2) is 4.77 Å². The Balaban J connectivity index is 2.08. The van der Waals surface area contributed by atoms with Crippen molar-refractivity contribution in [3.05, 3.63) is 26.3 Å². The molecule has 108 valence electrons. The molecule has 0 amide bonds. The SMILES string of the molecule is CC(C1CCOCC1)n1c(=S)[nH]c2cc(I)c(F)cc21. The fraction of sp³-hybridized carbons (Fsp3) is 0.500. The Labute approximate surface area is 135 Å². The van der Waals surface area contributed by atoms with Crippen LogP contribution in [0.2, 0.25) is 0 Å². The average molecular weight is 406 g/mol. The number of aromatic amines is 1.